The summed E-state index contributed by atoms with van der Waals surface area (Å²) in [6.07, 6.45) is -1.57. The van der Waals surface area contributed by atoms with Gasteiger partial charge >= 0.3 is 0 Å². The molecular weight excluding hydrogens is 234 g/mol. The van der Waals surface area contributed by atoms with Gasteiger partial charge in [-0.05, 0) is 18.2 Å². The maximum atomic E-state index is 11.6. The van der Waals surface area contributed by atoms with E-state index in [2.05, 4.69) is 5.32 Å². The van der Waals surface area contributed by atoms with Crippen molar-refractivity contribution in [1.29, 1.82) is 0 Å². The summed E-state index contributed by atoms with van der Waals surface area (Å²) >= 11 is 0. The number of nitrogens with zero attached hydrogens (tertiary/aromatic N) is 1. The first-order chi connectivity index (χ1) is 8.52. The summed E-state index contributed by atoms with van der Waals surface area (Å²) < 4.78 is 0. The van der Waals surface area contributed by atoms with E-state index in [1.807, 2.05) is 0 Å². The highest BCUT2D eigenvalue weighted by Gasteiger charge is 2.30. The number of nitrogens with two attached hydrogens (primary N) is 1. The van der Waals surface area contributed by atoms with Crippen LogP contribution in [0.5, 0.6) is 0 Å². The van der Waals surface area contributed by atoms with Gasteiger partial charge in [-0.25, -0.2) is 0 Å². The lowest BCUT2D eigenvalue weighted by molar-refractivity contribution is 0.0572. The number of rotatable bonds is 2. The van der Waals surface area contributed by atoms with Crippen LogP contribution < -0.4 is 16.0 Å². The minimum atomic E-state index is -0.784. The summed E-state index contributed by atoms with van der Waals surface area (Å²) in [5.74, 6) is -0.198. The highest BCUT2D eigenvalue weighted by Crippen LogP contribution is 2.28. The zero-order chi connectivity index (χ0) is 13.3. The first-order valence-corrected chi connectivity index (χ1v) is 5.75. The number of nitrogens with one attached hydrogen (secondary N) is 1. The van der Waals surface area contributed by atoms with Gasteiger partial charge in [0.1, 0.15) is 0 Å². The zero-order valence-corrected chi connectivity index (χ0v) is 10.1. The second-order valence-corrected chi connectivity index (χ2v) is 4.39. The van der Waals surface area contributed by atoms with Crippen molar-refractivity contribution in [2.45, 2.75) is 12.2 Å². The molecule has 1 aliphatic heterocycles. The van der Waals surface area contributed by atoms with Crippen molar-refractivity contribution in [1.82, 2.24) is 5.32 Å². The Morgan fingerprint density at radius 1 is 1.39 bits per heavy atom. The fourth-order valence-electron chi connectivity index (χ4n) is 2.07. The molecule has 1 saturated heterocycles. The number of hydrogen-bond donors (Lipinski definition) is 4. The van der Waals surface area contributed by atoms with Gasteiger partial charge in [-0.15, -0.1) is 0 Å². The number of β-amino-alcohol motifs (C(OH)–C–C–N with tert-alkyl or cyclic N) is 2. The fourth-order valence-corrected chi connectivity index (χ4v) is 2.07. The van der Waals surface area contributed by atoms with Crippen LogP contribution in [0.3, 0.4) is 0 Å². The number of aliphatic hydroxyl groups is 2. The summed E-state index contributed by atoms with van der Waals surface area (Å²) in [5.41, 5.74) is 7.54. The molecule has 0 aliphatic carbocycles. The van der Waals surface area contributed by atoms with Crippen molar-refractivity contribution < 1.29 is 15.0 Å². The van der Waals surface area contributed by atoms with Crippen LogP contribution in [0, 0.1) is 0 Å². The van der Waals surface area contributed by atoms with Gasteiger partial charge in [0.2, 0.25) is 0 Å². The molecule has 2 atom stereocenters. The lowest BCUT2D eigenvalue weighted by atomic mass is 10.1. The average Bonchev–Trinajstić information content (AvgIpc) is 2.69. The highest BCUT2D eigenvalue weighted by atomic mass is 16.3. The maximum Gasteiger partial charge on any atom is 0.251 e. The smallest absolute Gasteiger partial charge is 0.251 e. The number of hydrogen-bond acceptors (Lipinski definition) is 5. The topological polar surface area (TPSA) is 98.8 Å². The molecule has 1 heterocycles. The van der Waals surface area contributed by atoms with E-state index >= 15 is 0 Å². The average molecular weight is 251 g/mol. The van der Waals surface area contributed by atoms with Crippen LogP contribution in [0.25, 0.3) is 0 Å². The van der Waals surface area contributed by atoms with Gasteiger partial charge in [0.25, 0.3) is 5.91 Å². The summed E-state index contributed by atoms with van der Waals surface area (Å²) in [4.78, 5) is 13.3. The summed E-state index contributed by atoms with van der Waals surface area (Å²) in [5, 5.41) is 21.6. The number of anilines is 2. The molecule has 0 spiro atoms. The minimum absolute atomic E-state index is 0.198. The van der Waals surface area contributed by atoms with Crippen LogP contribution in [0.4, 0.5) is 11.4 Å². The van der Waals surface area contributed by atoms with Crippen molar-refractivity contribution in [3.05, 3.63) is 23.8 Å². The van der Waals surface area contributed by atoms with E-state index < -0.39 is 12.2 Å². The third kappa shape index (κ3) is 2.25. The quantitative estimate of drug-likeness (QED) is 0.514. The number of benzene rings is 1. The van der Waals surface area contributed by atoms with E-state index in [1.54, 1.807) is 30.1 Å². The van der Waals surface area contributed by atoms with E-state index in [0.717, 1.165) is 0 Å². The molecular formula is C12H17N3O3. The first kappa shape index (κ1) is 12.7. The molecule has 1 aliphatic rings. The Balaban J connectivity index is 2.30. The van der Waals surface area contributed by atoms with E-state index in [-0.39, 0.29) is 5.91 Å². The molecule has 5 N–H and O–H groups in total. The third-order valence-corrected chi connectivity index (χ3v) is 3.12. The summed E-state index contributed by atoms with van der Waals surface area (Å²) in [7, 11) is 1.56. The lowest BCUT2D eigenvalue weighted by Crippen LogP contribution is -2.24. The minimum Gasteiger partial charge on any atom is -0.397 e. The molecule has 6 heteroatoms. The van der Waals surface area contributed by atoms with Gasteiger partial charge in [-0.2, -0.15) is 0 Å². The van der Waals surface area contributed by atoms with Gasteiger partial charge in [0.05, 0.1) is 23.6 Å². The van der Waals surface area contributed by atoms with Gasteiger partial charge in [0, 0.05) is 25.7 Å². The van der Waals surface area contributed by atoms with Crippen molar-refractivity contribution in [2.75, 3.05) is 30.8 Å². The van der Waals surface area contributed by atoms with Crippen LogP contribution in [-0.2, 0) is 0 Å². The zero-order valence-electron chi connectivity index (χ0n) is 10.1. The molecule has 2 unspecified atom stereocenters. The van der Waals surface area contributed by atoms with Gasteiger partial charge < -0.3 is 26.2 Å². The SMILES string of the molecule is CNC(=O)c1ccc(N)c(N2CC(O)C(O)C2)c1. The Bertz CT molecular complexity index is 454. The maximum absolute atomic E-state index is 11.6. The Labute approximate surface area is 105 Å². The monoisotopic (exact) mass is 251 g/mol. The molecule has 0 bridgehead atoms. The van der Waals surface area contributed by atoms with Crippen LogP contribution in [0.2, 0.25) is 0 Å². The predicted molar refractivity (Wildman–Crippen MR) is 68.5 cm³/mol. The number of carbonyl (C=O) groups excluding carboxylic acids is 1. The van der Waals surface area contributed by atoms with Crippen LogP contribution in [0.1, 0.15) is 10.4 Å². The third-order valence-electron chi connectivity index (χ3n) is 3.12. The molecule has 2 rings (SSSR count). The Hall–Kier alpha value is -1.79. The number of aliphatic hydroxyl groups excluding tert-OH is 2. The lowest BCUT2D eigenvalue weighted by Gasteiger charge is -2.20. The highest BCUT2D eigenvalue weighted by molar-refractivity contribution is 5.96. The van der Waals surface area contributed by atoms with Crippen LogP contribution in [-0.4, -0.2) is 48.5 Å². The number of amides is 1. The molecule has 6 nitrogen and oxygen atoms in total. The first-order valence-electron chi connectivity index (χ1n) is 5.75. The molecule has 1 amide bonds. The summed E-state index contributed by atoms with van der Waals surface area (Å²) in [6.45, 7) is 0.616. The predicted octanol–water partition coefficient (Wildman–Crippen LogP) is -0.830. The van der Waals surface area contributed by atoms with Crippen LogP contribution in [0.15, 0.2) is 18.2 Å². The van der Waals surface area contributed by atoms with Crippen molar-refractivity contribution >= 4 is 17.3 Å². The normalized spacial score (nSPS) is 23.2. The fraction of sp³-hybridized carbons (Fsp3) is 0.417. The summed E-state index contributed by atoms with van der Waals surface area (Å²) in [6, 6.07) is 4.95. The molecule has 98 valence electrons. The molecule has 18 heavy (non-hydrogen) atoms. The Morgan fingerprint density at radius 2 is 2.00 bits per heavy atom. The number of nitrogen functional groups attached to an aromatic ring is 1. The molecule has 1 aromatic rings. The molecule has 1 fully saturated rings. The molecule has 0 aromatic heterocycles. The van der Waals surface area contributed by atoms with Crippen LogP contribution >= 0.6 is 0 Å². The molecule has 0 saturated carbocycles. The van der Waals surface area contributed by atoms with Gasteiger partial charge in [-0.3, -0.25) is 4.79 Å². The molecule has 1 aromatic carbocycles. The van der Waals surface area contributed by atoms with Gasteiger partial charge in [-0.1, -0.05) is 0 Å². The Kier molecular flexibility index (Phi) is 3.40. The van der Waals surface area contributed by atoms with Crippen molar-refractivity contribution in [2.24, 2.45) is 0 Å². The second-order valence-electron chi connectivity index (χ2n) is 4.39. The second kappa shape index (κ2) is 4.83. The van der Waals surface area contributed by atoms with Crippen molar-refractivity contribution in [3.8, 4) is 0 Å². The number of carbonyl (C=O) groups is 1. The van der Waals surface area contributed by atoms with E-state index in [4.69, 9.17) is 5.73 Å². The standard InChI is InChI=1S/C12H17N3O3/c1-14-12(18)7-2-3-8(13)9(4-7)15-5-10(16)11(17)6-15/h2-4,10-11,16-17H,5-6,13H2,1H3,(H,14,18). The molecule has 0 radical (unpaired) electrons. The van der Waals surface area contributed by atoms with E-state index in [0.29, 0.717) is 30.0 Å². The Morgan fingerprint density at radius 3 is 2.56 bits per heavy atom. The largest absolute Gasteiger partial charge is 0.397 e. The van der Waals surface area contributed by atoms with Gasteiger partial charge in [0.15, 0.2) is 0 Å². The van der Waals surface area contributed by atoms with E-state index in [9.17, 15) is 15.0 Å². The van der Waals surface area contributed by atoms with E-state index in [1.165, 1.54) is 0 Å². The van der Waals surface area contributed by atoms with Crippen molar-refractivity contribution in [3.63, 3.8) is 0 Å².